The molecule has 2 atom stereocenters. The number of halogens is 4. The fourth-order valence-electron chi connectivity index (χ4n) is 9.13. The molecule has 2 nitrogen and oxygen atoms in total. The Hall–Kier alpha value is -3.54. The van der Waals surface area contributed by atoms with Gasteiger partial charge in [-0.1, -0.05) is 0 Å². The minimum absolute atomic E-state index is 0.131. The molecule has 6 aromatic rings. The quantitative estimate of drug-likeness (QED) is 0.123. The van der Waals surface area contributed by atoms with E-state index in [-0.39, 0.29) is 18.9 Å². The summed E-state index contributed by atoms with van der Waals surface area (Å²) in [5, 5.41) is 0. The van der Waals surface area contributed by atoms with Gasteiger partial charge in [0.05, 0.1) is 0 Å². The van der Waals surface area contributed by atoms with Gasteiger partial charge in [-0.3, -0.25) is 0 Å². The van der Waals surface area contributed by atoms with Crippen LogP contribution in [0.25, 0.3) is 45.6 Å². The zero-order chi connectivity index (χ0) is 38.5. The monoisotopic (exact) mass is 862 g/mol. The molecule has 55 heavy (non-hydrogen) atoms. The molecule has 9 rings (SSSR count). The fourth-order valence-corrected chi connectivity index (χ4v) is 40.3. The summed E-state index contributed by atoms with van der Waals surface area (Å²) in [5.74, 6) is 3.03. The summed E-state index contributed by atoms with van der Waals surface area (Å²) in [7, 11) is 0. The number of hydrogen-bond donors (Lipinski definition) is 0. The average molecular weight is 865 g/mol. The number of furan rings is 2. The number of alkyl halides is 2. The Labute approximate surface area is 339 Å². The normalized spacial score (nSPS) is 18.2. The predicted octanol–water partition coefficient (Wildman–Crippen LogP) is 14.0. The van der Waals surface area contributed by atoms with Crippen molar-refractivity contribution >= 4 is 51.9 Å². The van der Waals surface area contributed by atoms with Crippen molar-refractivity contribution in [2.45, 2.75) is 65.2 Å². The number of hydrogen-bond acceptors (Lipinski definition) is 2. The van der Waals surface area contributed by atoms with Gasteiger partial charge in [0.1, 0.15) is 0 Å². The third-order valence-electron chi connectivity index (χ3n) is 12.0. The van der Waals surface area contributed by atoms with Crippen molar-refractivity contribution in [2.75, 3.05) is 0 Å². The third-order valence-corrected chi connectivity index (χ3v) is 34.4. The van der Waals surface area contributed by atoms with E-state index in [1.54, 1.807) is 24.3 Å². The Morgan fingerprint density at radius 2 is 1.00 bits per heavy atom. The van der Waals surface area contributed by atoms with Crippen LogP contribution in [0.3, 0.4) is 0 Å². The van der Waals surface area contributed by atoms with Crippen molar-refractivity contribution in [2.24, 2.45) is 0 Å². The zero-order valence-electron chi connectivity index (χ0n) is 31.6. The van der Waals surface area contributed by atoms with Gasteiger partial charge in [-0.15, -0.1) is 0 Å². The van der Waals surface area contributed by atoms with E-state index in [9.17, 15) is 8.78 Å². The molecule has 0 saturated carbocycles. The first kappa shape index (κ1) is 37.1. The molecule has 0 radical (unpaired) electrons. The maximum atomic E-state index is 14.3. The molecule has 0 amide bonds. The predicted molar refractivity (Wildman–Crippen MR) is 221 cm³/mol. The Kier molecular flexibility index (Phi) is 9.32. The third kappa shape index (κ3) is 6.36. The molecule has 2 aliphatic carbocycles. The van der Waals surface area contributed by atoms with E-state index in [4.69, 9.17) is 32.0 Å². The van der Waals surface area contributed by atoms with Crippen molar-refractivity contribution in [3.05, 3.63) is 164 Å². The molecule has 0 N–H and O–H groups in total. The van der Waals surface area contributed by atoms with Crippen LogP contribution in [0.5, 0.6) is 0 Å². The van der Waals surface area contributed by atoms with Gasteiger partial charge in [-0.25, -0.2) is 0 Å². The van der Waals surface area contributed by atoms with Gasteiger partial charge in [0, 0.05) is 0 Å². The summed E-state index contributed by atoms with van der Waals surface area (Å²) in [6.07, 6.45) is 4.75. The second-order valence-electron chi connectivity index (χ2n) is 15.6. The van der Waals surface area contributed by atoms with Crippen molar-refractivity contribution < 1.29 is 38.0 Å². The number of rotatable bonds is 6. The van der Waals surface area contributed by atoms with E-state index in [2.05, 4.69) is 76.2 Å². The summed E-state index contributed by atoms with van der Waals surface area (Å²) in [6, 6.07) is 28.7. The summed E-state index contributed by atoms with van der Waals surface area (Å²) < 4.78 is 41.3. The molecule has 3 aliphatic rings. The number of benzene rings is 4. The van der Waals surface area contributed by atoms with Crippen molar-refractivity contribution in [1.29, 1.82) is 0 Å². The summed E-state index contributed by atoms with van der Waals surface area (Å²) in [6.45, 7) is 12.7. The molecule has 3 heterocycles. The first-order valence-electron chi connectivity index (χ1n) is 18.7. The van der Waals surface area contributed by atoms with Crippen LogP contribution in [0.4, 0.5) is 8.78 Å². The van der Waals surface area contributed by atoms with Crippen molar-refractivity contribution in [3.8, 4) is 22.3 Å². The minimum atomic E-state index is -3.01. The van der Waals surface area contributed by atoms with E-state index < -0.39 is 30.1 Å². The van der Waals surface area contributed by atoms with Gasteiger partial charge in [-0.2, -0.15) is 0 Å². The van der Waals surface area contributed by atoms with Gasteiger partial charge in [0.25, 0.3) is 0 Å². The standard InChI is InChI=1S/2C22H18FO.C3H4Cl2Si.Zr/c2*1-13-10-17-11-18(21-9-4-14(2)24-21)12-20(17)22(15(13)3)16-5-7-19(23)8-6-16;4-3(5)1-6-2-3;/h2*4-12H,1-3H3;1-2H2;. The fraction of sp³-hybridized carbons (Fsp3) is 0.234. The SMILES string of the molecule is Cc1ccc(C2=Cc3c(cc(C)c(C)c3-c3ccc(F)cc3)[CH]2[Zr]([CH]2C(c3ccc(C)o3)=Cc3c2cc(C)c(C)c3-c2ccc(F)cc2)=[Si]2CC(Cl)(Cl)C2)o1. The zero-order valence-corrected chi connectivity index (χ0v) is 36.6. The van der Waals surface area contributed by atoms with Crippen LogP contribution in [0.2, 0.25) is 12.1 Å². The van der Waals surface area contributed by atoms with E-state index in [1.165, 1.54) is 55.7 Å². The van der Waals surface area contributed by atoms with E-state index in [1.807, 2.05) is 38.1 Å². The van der Waals surface area contributed by atoms with E-state index in [0.29, 0.717) is 0 Å². The molecule has 0 spiro atoms. The molecule has 1 aliphatic heterocycles. The molecular weight excluding hydrogens is 825 g/mol. The Morgan fingerprint density at radius 1 is 0.600 bits per heavy atom. The van der Waals surface area contributed by atoms with Gasteiger partial charge >= 0.3 is 341 Å². The summed E-state index contributed by atoms with van der Waals surface area (Å²) in [4.78, 5) is 0. The van der Waals surface area contributed by atoms with Crippen LogP contribution in [0.15, 0.2) is 93.8 Å². The topological polar surface area (TPSA) is 26.3 Å². The Morgan fingerprint density at radius 3 is 1.35 bits per heavy atom. The van der Waals surface area contributed by atoms with Gasteiger partial charge in [0.15, 0.2) is 0 Å². The Balaban J connectivity index is 1.36. The summed E-state index contributed by atoms with van der Waals surface area (Å²) in [5.41, 5.74) is 15.5. The number of allylic oxidation sites excluding steroid dienone is 2. The molecule has 1 fully saturated rings. The second kappa shape index (κ2) is 13.8. The number of aryl methyl sites for hydroxylation is 4. The first-order chi connectivity index (χ1) is 26.3. The second-order valence-corrected chi connectivity index (χ2v) is 32.8. The molecule has 2 aromatic heterocycles. The van der Waals surface area contributed by atoms with Crippen LogP contribution >= 0.6 is 23.2 Å². The van der Waals surface area contributed by atoms with Crippen LogP contribution in [-0.4, -0.2) is 9.77 Å². The molecule has 4 aromatic carbocycles. The molecule has 276 valence electrons. The van der Waals surface area contributed by atoms with Crippen molar-refractivity contribution in [3.63, 3.8) is 0 Å². The van der Waals surface area contributed by atoms with Gasteiger partial charge in [-0.05, 0) is 0 Å². The van der Waals surface area contributed by atoms with Gasteiger partial charge in [0.2, 0.25) is 0 Å². The van der Waals surface area contributed by atoms with Gasteiger partial charge < -0.3 is 0 Å². The van der Waals surface area contributed by atoms with Crippen LogP contribution in [0.1, 0.15) is 74.8 Å². The molecule has 1 saturated heterocycles. The van der Waals surface area contributed by atoms with Crippen LogP contribution in [-0.2, 0) is 20.4 Å². The van der Waals surface area contributed by atoms with Crippen LogP contribution in [0, 0.1) is 53.2 Å². The van der Waals surface area contributed by atoms with Crippen molar-refractivity contribution in [1.82, 2.24) is 0 Å². The van der Waals surface area contributed by atoms with Crippen LogP contribution < -0.4 is 0 Å². The molecule has 2 unspecified atom stereocenters. The molecule has 8 heteroatoms. The number of fused-ring (bicyclic) bond motifs is 2. The maximum absolute atomic E-state index is 14.3. The van der Waals surface area contributed by atoms with E-state index >= 15 is 0 Å². The molecule has 0 bridgehead atoms. The Bertz CT molecular complexity index is 2480. The van der Waals surface area contributed by atoms with E-state index in [0.717, 1.165) is 57.4 Å². The summed E-state index contributed by atoms with van der Waals surface area (Å²) >= 11 is 11.0. The first-order valence-corrected chi connectivity index (χ1v) is 27.9. The average Bonchev–Trinajstić information content (AvgIpc) is 3.93. The molecular formula is C47H40Cl2F2O2SiZr.